The van der Waals surface area contributed by atoms with Crippen molar-refractivity contribution in [3.05, 3.63) is 74.4 Å². The number of nitrogens with zero attached hydrogens (tertiary/aromatic N) is 4. The molecule has 4 heterocycles. The smallest absolute Gasteiger partial charge is 0.497 e. The van der Waals surface area contributed by atoms with Gasteiger partial charge in [0.1, 0.15) is 11.3 Å². The van der Waals surface area contributed by atoms with E-state index >= 15 is 0 Å². The third-order valence-corrected chi connectivity index (χ3v) is 11.8. The molecule has 20 heteroatoms. The van der Waals surface area contributed by atoms with Crippen molar-refractivity contribution >= 4 is 52.7 Å². The predicted molar refractivity (Wildman–Crippen MR) is 173 cm³/mol. The van der Waals surface area contributed by atoms with Crippen molar-refractivity contribution in [2.45, 2.75) is 37.3 Å². The van der Waals surface area contributed by atoms with Crippen molar-refractivity contribution in [1.29, 1.82) is 0 Å². The number of halogens is 6. The van der Waals surface area contributed by atoms with Crippen molar-refractivity contribution in [2.75, 3.05) is 27.2 Å². The van der Waals surface area contributed by atoms with Gasteiger partial charge in [-0.3, -0.25) is 4.79 Å². The van der Waals surface area contributed by atoms with E-state index in [4.69, 9.17) is 4.74 Å². The summed E-state index contributed by atoms with van der Waals surface area (Å²) in [6.07, 6.45) is 0.713. The molecule has 0 spiro atoms. The summed E-state index contributed by atoms with van der Waals surface area (Å²) in [5, 5.41) is 1.37. The second kappa shape index (κ2) is 12.3. The molecule has 0 aliphatic carbocycles. The number of likely N-dealkylation sites (N-methyl/N-ethyl adjacent to an activating group) is 1. The topological polar surface area (TPSA) is 130 Å². The Morgan fingerprint density at radius 2 is 1.56 bits per heavy atom. The normalized spacial score (nSPS) is 15.0. The minimum absolute atomic E-state index is 0.0934. The van der Waals surface area contributed by atoms with Crippen LogP contribution in [0.3, 0.4) is 0 Å². The third kappa shape index (κ3) is 6.00. The molecule has 0 amide bonds. The number of hydrogen-bond acceptors (Lipinski definition) is 10. The van der Waals surface area contributed by atoms with E-state index in [1.54, 1.807) is 24.3 Å². The van der Waals surface area contributed by atoms with E-state index in [-0.39, 0.29) is 31.8 Å². The Labute approximate surface area is 284 Å². The van der Waals surface area contributed by atoms with Gasteiger partial charge < -0.3 is 18.4 Å². The van der Waals surface area contributed by atoms with Gasteiger partial charge in [-0.25, -0.2) is 8.96 Å². The maximum atomic E-state index is 14.5. The van der Waals surface area contributed by atoms with Crippen LogP contribution in [-0.2, 0) is 39.5 Å². The van der Waals surface area contributed by atoms with Gasteiger partial charge in [0, 0.05) is 13.1 Å². The Morgan fingerprint density at radius 3 is 2.14 bits per heavy atom. The Bertz CT molecular complexity index is 2430. The molecule has 0 saturated carbocycles. The minimum atomic E-state index is -6.56. The first-order valence-electron chi connectivity index (χ1n) is 14.6. The zero-order chi connectivity index (χ0) is 36.6. The molecule has 11 nitrogen and oxygen atoms in total. The summed E-state index contributed by atoms with van der Waals surface area (Å²) in [5.74, 6) is -2.15. The van der Waals surface area contributed by atoms with Crippen molar-refractivity contribution in [2.24, 2.45) is 0 Å². The quantitative estimate of drug-likeness (QED) is 0.122. The van der Waals surface area contributed by atoms with Gasteiger partial charge in [-0.05, 0) is 78.7 Å². The highest BCUT2D eigenvalue weighted by molar-refractivity contribution is 7.91. The summed E-state index contributed by atoms with van der Waals surface area (Å²) in [6.45, 7) is 2.16. The fourth-order valence-electron chi connectivity index (χ4n) is 5.77. The molecule has 0 N–H and O–H groups in total. The first-order valence-corrected chi connectivity index (χ1v) is 18.3. The van der Waals surface area contributed by atoms with Crippen molar-refractivity contribution in [1.82, 2.24) is 18.4 Å². The number of methoxy groups -OCH3 is 1. The molecule has 0 fully saturated rings. The van der Waals surface area contributed by atoms with Gasteiger partial charge in [0.25, 0.3) is 5.56 Å². The molecule has 5 aromatic rings. The Hall–Kier alpha value is -4.14. The van der Waals surface area contributed by atoms with E-state index in [0.717, 1.165) is 4.57 Å². The van der Waals surface area contributed by atoms with Gasteiger partial charge in [-0.15, -0.1) is 11.3 Å². The molecule has 0 atom stereocenters. The number of pyridine rings is 1. The van der Waals surface area contributed by atoms with Crippen LogP contribution in [0.2, 0.25) is 0 Å². The number of ether oxygens (including phenoxy) is 1. The van der Waals surface area contributed by atoms with Gasteiger partial charge in [-0.2, -0.15) is 43.2 Å². The number of alkyl halides is 6. The van der Waals surface area contributed by atoms with Crippen LogP contribution in [0, 0.1) is 6.92 Å². The Morgan fingerprint density at radius 1 is 0.940 bits per heavy atom. The van der Waals surface area contributed by atoms with E-state index < -0.39 is 59.4 Å². The zero-order valence-electron chi connectivity index (χ0n) is 26.2. The first-order chi connectivity index (χ1) is 23.2. The van der Waals surface area contributed by atoms with E-state index in [2.05, 4.69) is 9.17 Å². The highest BCUT2D eigenvalue weighted by atomic mass is 32.2. The van der Waals surface area contributed by atoms with Crippen LogP contribution in [-0.4, -0.2) is 73.5 Å². The van der Waals surface area contributed by atoms with Crippen LogP contribution in [0.1, 0.15) is 22.3 Å². The number of thiophene rings is 1. The van der Waals surface area contributed by atoms with Crippen LogP contribution in [0.5, 0.6) is 11.5 Å². The molecular formula is C30H26F6N4O7S3. The number of imidazole rings is 1. The second-order valence-corrected chi connectivity index (χ2v) is 15.8. The Balaban J connectivity index is 1.76. The molecule has 1 aliphatic heterocycles. The lowest BCUT2D eigenvalue weighted by Crippen LogP contribution is -2.33. The molecule has 1 aliphatic rings. The summed E-state index contributed by atoms with van der Waals surface area (Å²) in [7, 11) is -9.78. The number of hydrogen-bond donors (Lipinski definition) is 0. The maximum absolute atomic E-state index is 14.5. The molecule has 3 aromatic heterocycles. The van der Waals surface area contributed by atoms with Crippen LogP contribution in [0.15, 0.2) is 46.6 Å². The van der Waals surface area contributed by atoms with Crippen molar-refractivity contribution in [3.63, 3.8) is 0 Å². The number of benzene rings is 2. The van der Waals surface area contributed by atoms with Crippen molar-refractivity contribution < 1.29 is 52.1 Å². The predicted octanol–water partition coefficient (Wildman–Crippen LogP) is 5.40. The van der Waals surface area contributed by atoms with E-state index in [9.17, 15) is 48.0 Å². The third-order valence-electron chi connectivity index (χ3n) is 8.30. The largest absolute Gasteiger partial charge is 0.534 e. The molecule has 268 valence electrons. The minimum Gasteiger partial charge on any atom is -0.497 e. The Kier molecular flexibility index (Phi) is 8.76. The fourth-order valence-corrected chi connectivity index (χ4v) is 8.32. The number of rotatable bonds is 7. The van der Waals surface area contributed by atoms with E-state index in [1.165, 1.54) is 31.5 Å². The number of fused-ring (bicyclic) bond motifs is 3. The second-order valence-electron chi connectivity index (χ2n) is 11.6. The van der Waals surface area contributed by atoms with Gasteiger partial charge in [-0.1, -0.05) is 12.1 Å². The van der Waals surface area contributed by atoms with Gasteiger partial charge in [0.15, 0.2) is 11.6 Å². The molecule has 0 unspecified atom stereocenters. The molecule has 6 rings (SSSR count). The molecule has 0 bridgehead atoms. The molecule has 50 heavy (non-hydrogen) atoms. The molecule has 0 radical (unpaired) electrons. The summed E-state index contributed by atoms with van der Waals surface area (Å²) >= 11 is 0.639. The summed E-state index contributed by atoms with van der Waals surface area (Å²) in [6, 6.07) is 8.72. The molecule has 0 saturated heterocycles. The first kappa shape index (κ1) is 35.7. The highest BCUT2D eigenvalue weighted by Crippen LogP contribution is 2.44. The molecular weight excluding hydrogens is 739 g/mol. The number of aromatic nitrogens is 3. The lowest BCUT2D eigenvalue weighted by molar-refractivity contribution is -0.0499. The number of aryl methyl sites for hydroxylation is 1. The lowest BCUT2D eigenvalue weighted by Gasteiger charge is -2.19. The summed E-state index contributed by atoms with van der Waals surface area (Å²) in [5.41, 5.74) is -13.9. The monoisotopic (exact) mass is 764 g/mol. The van der Waals surface area contributed by atoms with Gasteiger partial charge >= 0.3 is 31.2 Å². The van der Waals surface area contributed by atoms with Crippen LogP contribution in [0.4, 0.5) is 26.3 Å². The highest BCUT2D eigenvalue weighted by Gasteiger charge is 2.52. The van der Waals surface area contributed by atoms with Crippen molar-refractivity contribution in [3.8, 4) is 22.9 Å². The van der Waals surface area contributed by atoms with Gasteiger partial charge in [0.05, 0.1) is 34.9 Å². The molecule has 2 aromatic carbocycles. The van der Waals surface area contributed by atoms with Crippen LogP contribution in [0.25, 0.3) is 32.6 Å². The van der Waals surface area contributed by atoms with Crippen LogP contribution < -0.4 is 14.5 Å². The maximum Gasteiger partial charge on any atom is 0.534 e. The standard InChI is InChI=1S/C30H26F6N4O7S3/c1-16-15-48-26-24(16)39(14-17-4-6-20(46-3)7-5-17)28(41)23(25(26)47-50(44,45)30(34,35)36)27-37-21-12-18-8-10-38(2)11-9-19(18)13-22(21)40(27)49(42,43)29(31,32)33/h4-7,12-13,15H,8-11,14H2,1-3H3. The summed E-state index contributed by atoms with van der Waals surface area (Å²) < 4.78 is 146. The van der Waals surface area contributed by atoms with E-state index in [1.807, 2.05) is 11.9 Å². The lowest BCUT2D eigenvalue weighted by atomic mass is 10.0. The average Bonchev–Trinajstić information content (AvgIpc) is 3.54. The summed E-state index contributed by atoms with van der Waals surface area (Å²) in [4.78, 5) is 20.6. The van der Waals surface area contributed by atoms with Gasteiger partial charge in [0.2, 0.25) is 0 Å². The van der Waals surface area contributed by atoms with Crippen LogP contribution >= 0.6 is 11.3 Å². The average molecular weight is 765 g/mol. The zero-order valence-corrected chi connectivity index (χ0v) is 28.7. The SMILES string of the molecule is COc1ccc(Cn2c(=O)c(-c3nc4cc5c(cc4n3S(=O)(=O)C(F)(F)F)CCN(C)CC5)c(OS(=O)(=O)C(F)(F)F)c3scc(C)c32)cc1. The fraction of sp³-hybridized carbons (Fsp3) is 0.333. The van der Waals surface area contributed by atoms with E-state index in [0.29, 0.717) is 59.7 Å².